The number of hydrogen-bond acceptors (Lipinski definition) is 4. The summed E-state index contributed by atoms with van der Waals surface area (Å²) in [6.07, 6.45) is 1.54. The van der Waals surface area contributed by atoms with Gasteiger partial charge in [0.1, 0.15) is 17.7 Å². The summed E-state index contributed by atoms with van der Waals surface area (Å²) in [6.45, 7) is 1.43. The van der Waals surface area contributed by atoms with E-state index in [1.54, 1.807) is 7.05 Å². The number of rotatable bonds is 6. The van der Waals surface area contributed by atoms with Gasteiger partial charge in [-0.05, 0) is 41.3 Å². The molecule has 0 unspecified atom stereocenters. The summed E-state index contributed by atoms with van der Waals surface area (Å²) < 4.78 is 27.6. The molecule has 2 N–H and O–H groups in total. The summed E-state index contributed by atoms with van der Waals surface area (Å²) in [7, 11) is 1.62. The van der Waals surface area contributed by atoms with Crippen LogP contribution in [0.1, 0.15) is 36.1 Å². The molecule has 3 aromatic rings. The minimum absolute atomic E-state index is 0.0467. The van der Waals surface area contributed by atoms with Crippen LogP contribution in [0, 0.1) is 11.6 Å². The van der Waals surface area contributed by atoms with Crippen LogP contribution in [-0.4, -0.2) is 46.7 Å². The molecule has 38 heavy (non-hydrogen) atoms. The molecular formula is C30H29F2N3O3. The lowest BCUT2D eigenvalue weighted by Crippen LogP contribution is -2.56. The number of carbonyl (C=O) groups is 3. The number of likely N-dealkylation sites (N-methyl/N-ethyl adjacent to an activating group) is 1. The van der Waals surface area contributed by atoms with Gasteiger partial charge in [-0.1, -0.05) is 66.7 Å². The molecule has 3 amide bonds. The highest BCUT2D eigenvalue weighted by Gasteiger charge is 2.41. The van der Waals surface area contributed by atoms with E-state index in [1.807, 2.05) is 66.7 Å². The van der Waals surface area contributed by atoms with Crippen molar-refractivity contribution in [3.63, 3.8) is 0 Å². The molecule has 0 aromatic heterocycles. The van der Waals surface area contributed by atoms with Gasteiger partial charge in [-0.15, -0.1) is 0 Å². The smallest absolute Gasteiger partial charge is 0.246 e. The maximum absolute atomic E-state index is 13.9. The van der Waals surface area contributed by atoms with Gasteiger partial charge in [0.2, 0.25) is 17.7 Å². The molecule has 0 saturated carbocycles. The molecule has 0 aliphatic carbocycles. The second-order valence-electron chi connectivity index (χ2n) is 9.43. The number of nitrogens with two attached hydrogens (primary N) is 1. The molecule has 0 radical (unpaired) electrons. The second kappa shape index (κ2) is 11.5. The third kappa shape index (κ3) is 5.86. The van der Waals surface area contributed by atoms with Gasteiger partial charge in [0.05, 0.1) is 18.5 Å². The van der Waals surface area contributed by atoms with Gasteiger partial charge in [0.25, 0.3) is 0 Å². The number of hydrogen-bond donors (Lipinski definition) is 1. The van der Waals surface area contributed by atoms with Crippen LogP contribution in [0.15, 0.2) is 84.9 Å². The van der Waals surface area contributed by atoms with Crippen LogP contribution < -0.4 is 5.73 Å². The van der Waals surface area contributed by atoms with Gasteiger partial charge in [0, 0.05) is 19.5 Å². The van der Waals surface area contributed by atoms with Crippen molar-refractivity contribution in [2.24, 2.45) is 5.73 Å². The van der Waals surface area contributed by atoms with Crippen molar-refractivity contribution < 1.29 is 23.2 Å². The topological polar surface area (TPSA) is 83.7 Å². The van der Waals surface area contributed by atoms with Crippen molar-refractivity contribution in [3.8, 4) is 0 Å². The lowest BCUT2D eigenvalue weighted by molar-refractivity contribution is -0.155. The van der Waals surface area contributed by atoms with Crippen LogP contribution in [0.5, 0.6) is 0 Å². The molecule has 0 bridgehead atoms. The quantitative estimate of drug-likeness (QED) is 0.530. The predicted octanol–water partition coefficient (Wildman–Crippen LogP) is 4.27. The van der Waals surface area contributed by atoms with Crippen molar-refractivity contribution in [3.05, 3.63) is 113 Å². The van der Waals surface area contributed by atoms with E-state index in [4.69, 9.17) is 5.73 Å². The standard InChI is InChI=1S/C30H29F2N3O3/c1-19(33)29(37)35(28(36)15-20-13-24(31)18-25(32)14-20)27-17-23(21-9-5-3-6-10-21)16-26(34(2)30(27)38)22-11-7-4-8-12-22/h3-14,16,18-19,26-27H,15,17,33H2,1-2H3/t19-,26-,27-/m0/s1. The SMILES string of the molecule is C[C@H](N)C(=O)N(C(=O)Cc1cc(F)cc(F)c1)[C@H]1CC(c2ccccc2)=C[C@@H](c2ccccc2)N(C)C1=O. The number of nitrogens with zero attached hydrogens (tertiary/aromatic N) is 2. The summed E-state index contributed by atoms with van der Waals surface area (Å²) in [5.74, 6) is -3.65. The molecule has 0 spiro atoms. The van der Waals surface area contributed by atoms with E-state index in [1.165, 1.54) is 11.8 Å². The van der Waals surface area contributed by atoms with Gasteiger partial charge in [-0.3, -0.25) is 19.3 Å². The van der Waals surface area contributed by atoms with E-state index in [0.29, 0.717) is 6.07 Å². The predicted molar refractivity (Wildman–Crippen MR) is 140 cm³/mol. The molecule has 6 nitrogen and oxygen atoms in total. The zero-order valence-electron chi connectivity index (χ0n) is 21.2. The highest BCUT2D eigenvalue weighted by Crippen LogP contribution is 2.34. The van der Waals surface area contributed by atoms with Crippen LogP contribution in [0.25, 0.3) is 5.57 Å². The van der Waals surface area contributed by atoms with E-state index >= 15 is 0 Å². The summed E-state index contributed by atoms with van der Waals surface area (Å²) in [4.78, 5) is 43.2. The lowest BCUT2D eigenvalue weighted by Gasteiger charge is -2.33. The summed E-state index contributed by atoms with van der Waals surface area (Å²) in [5, 5.41) is 0. The monoisotopic (exact) mass is 517 g/mol. The van der Waals surface area contributed by atoms with Crippen LogP contribution in [-0.2, 0) is 20.8 Å². The van der Waals surface area contributed by atoms with Crippen LogP contribution in [0.2, 0.25) is 0 Å². The molecule has 4 rings (SSSR count). The Morgan fingerprint density at radius 2 is 1.58 bits per heavy atom. The number of halogens is 2. The average Bonchev–Trinajstić information content (AvgIpc) is 3.01. The highest BCUT2D eigenvalue weighted by molar-refractivity contribution is 6.03. The molecule has 0 fully saturated rings. The van der Waals surface area contributed by atoms with E-state index in [-0.39, 0.29) is 12.0 Å². The Labute approximate surface area is 220 Å². The number of carbonyl (C=O) groups excluding carboxylic acids is 3. The maximum atomic E-state index is 13.9. The van der Waals surface area contributed by atoms with Crippen molar-refractivity contribution in [2.75, 3.05) is 7.05 Å². The first-order chi connectivity index (χ1) is 18.2. The molecule has 3 atom stereocenters. The molecule has 1 heterocycles. The Hall–Kier alpha value is -4.17. The van der Waals surface area contributed by atoms with Gasteiger partial charge in [0.15, 0.2) is 0 Å². The second-order valence-corrected chi connectivity index (χ2v) is 9.43. The van der Waals surface area contributed by atoms with Crippen molar-refractivity contribution >= 4 is 23.3 Å². The van der Waals surface area contributed by atoms with Crippen molar-refractivity contribution in [2.45, 2.75) is 37.9 Å². The molecular weight excluding hydrogens is 488 g/mol. The van der Waals surface area contributed by atoms with Gasteiger partial charge in [-0.2, -0.15) is 0 Å². The van der Waals surface area contributed by atoms with Crippen LogP contribution in [0.4, 0.5) is 8.78 Å². The minimum atomic E-state index is -1.20. The maximum Gasteiger partial charge on any atom is 0.246 e. The Bertz CT molecular complexity index is 1340. The van der Waals surface area contributed by atoms with E-state index in [9.17, 15) is 23.2 Å². The summed E-state index contributed by atoms with van der Waals surface area (Å²) >= 11 is 0. The van der Waals surface area contributed by atoms with Gasteiger partial charge < -0.3 is 10.6 Å². The summed E-state index contributed by atoms with van der Waals surface area (Å²) in [5.41, 5.74) is 8.43. The first kappa shape index (κ1) is 26.9. The largest absolute Gasteiger partial charge is 0.333 e. The zero-order valence-corrected chi connectivity index (χ0v) is 21.2. The van der Waals surface area contributed by atoms with E-state index in [0.717, 1.165) is 33.7 Å². The number of amides is 3. The Kier molecular flexibility index (Phi) is 8.12. The Morgan fingerprint density at radius 3 is 2.16 bits per heavy atom. The molecule has 3 aromatic carbocycles. The molecule has 0 saturated heterocycles. The molecule has 1 aliphatic rings. The van der Waals surface area contributed by atoms with E-state index < -0.39 is 53.9 Å². The Balaban J connectivity index is 1.79. The third-order valence-corrected chi connectivity index (χ3v) is 6.59. The van der Waals surface area contributed by atoms with Crippen molar-refractivity contribution in [1.82, 2.24) is 9.80 Å². The van der Waals surface area contributed by atoms with Crippen LogP contribution in [0.3, 0.4) is 0 Å². The third-order valence-electron chi connectivity index (χ3n) is 6.59. The molecule has 8 heteroatoms. The average molecular weight is 518 g/mol. The first-order valence-electron chi connectivity index (χ1n) is 12.3. The highest BCUT2D eigenvalue weighted by atomic mass is 19.1. The fraction of sp³-hybridized carbons (Fsp3) is 0.233. The number of benzene rings is 3. The normalized spacial score (nSPS) is 18.4. The molecule has 196 valence electrons. The lowest BCUT2D eigenvalue weighted by atomic mass is 9.95. The van der Waals surface area contributed by atoms with Gasteiger partial charge in [-0.25, -0.2) is 8.78 Å². The summed E-state index contributed by atoms with van der Waals surface area (Å²) in [6, 6.07) is 18.8. The fourth-order valence-electron chi connectivity index (χ4n) is 4.72. The van der Waals surface area contributed by atoms with E-state index in [2.05, 4.69) is 0 Å². The minimum Gasteiger partial charge on any atom is -0.333 e. The zero-order chi connectivity index (χ0) is 27.4. The van der Waals surface area contributed by atoms with Crippen molar-refractivity contribution in [1.29, 1.82) is 0 Å². The number of imide groups is 1. The molecule has 1 aliphatic heterocycles. The Morgan fingerprint density at radius 1 is 1.00 bits per heavy atom. The van der Waals surface area contributed by atoms with Crippen LogP contribution >= 0.6 is 0 Å². The fourth-order valence-corrected chi connectivity index (χ4v) is 4.72. The van der Waals surface area contributed by atoms with Gasteiger partial charge >= 0.3 is 0 Å². The first-order valence-corrected chi connectivity index (χ1v) is 12.3.